The summed E-state index contributed by atoms with van der Waals surface area (Å²) in [7, 11) is 0. The predicted octanol–water partition coefficient (Wildman–Crippen LogP) is 2.44. The highest BCUT2D eigenvalue weighted by molar-refractivity contribution is 5.29. The van der Waals surface area contributed by atoms with Crippen molar-refractivity contribution in [3.8, 4) is 5.75 Å². The molecule has 1 N–H and O–H groups in total. The topological polar surface area (TPSA) is 24.5 Å². The van der Waals surface area contributed by atoms with Crippen LogP contribution in [-0.2, 0) is 0 Å². The van der Waals surface area contributed by atoms with Gasteiger partial charge in [0.25, 0.3) is 0 Å². The van der Waals surface area contributed by atoms with Crippen LogP contribution in [0.3, 0.4) is 0 Å². The summed E-state index contributed by atoms with van der Waals surface area (Å²) >= 11 is 0. The van der Waals surface area contributed by atoms with E-state index >= 15 is 0 Å². The van der Waals surface area contributed by atoms with Gasteiger partial charge in [0.05, 0.1) is 6.61 Å². The zero-order chi connectivity index (χ0) is 12.8. The third-order valence-corrected chi connectivity index (χ3v) is 3.53. The molecule has 1 aliphatic heterocycles. The second-order valence-electron chi connectivity index (χ2n) is 4.88. The molecule has 0 saturated carbocycles. The smallest absolute Gasteiger partial charge is 0.119 e. The van der Waals surface area contributed by atoms with Gasteiger partial charge < -0.3 is 10.1 Å². The first kappa shape index (κ1) is 13.4. The van der Waals surface area contributed by atoms with Gasteiger partial charge in [0.2, 0.25) is 0 Å². The molecule has 0 spiro atoms. The molecule has 0 aliphatic carbocycles. The predicted molar refractivity (Wildman–Crippen MR) is 75.1 cm³/mol. The Morgan fingerprint density at radius 3 is 2.50 bits per heavy atom. The van der Waals surface area contributed by atoms with Gasteiger partial charge in [-0.25, -0.2) is 0 Å². The van der Waals surface area contributed by atoms with Crippen LogP contribution in [0, 0.1) is 0 Å². The van der Waals surface area contributed by atoms with Crippen LogP contribution in [0.15, 0.2) is 24.3 Å². The molecular formula is C15H24N2O. The van der Waals surface area contributed by atoms with Crippen LogP contribution in [0.5, 0.6) is 5.75 Å². The number of rotatable bonds is 5. The molecule has 0 bridgehead atoms. The van der Waals surface area contributed by atoms with E-state index in [1.54, 1.807) is 0 Å². The number of hydrogen-bond donors (Lipinski definition) is 1. The minimum atomic E-state index is 0.493. The minimum Gasteiger partial charge on any atom is -0.494 e. The van der Waals surface area contributed by atoms with E-state index in [2.05, 4.69) is 48.3 Å². The van der Waals surface area contributed by atoms with E-state index in [-0.39, 0.29) is 0 Å². The Morgan fingerprint density at radius 1 is 1.22 bits per heavy atom. The first-order valence-electron chi connectivity index (χ1n) is 6.99. The van der Waals surface area contributed by atoms with Gasteiger partial charge >= 0.3 is 0 Å². The van der Waals surface area contributed by atoms with Crippen LogP contribution in [0.1, 0.15) is 31.9 Å². The molecule has 1 atom stereocenters. The number of nitrogens with one attached hydrogen (secondary N) is 1. The molecule has 3 nitrogen and oxygen atoms in total. The second-order valence-corrected chi connectivity index (χ2v) is 4.88. The Hall–Kier alpha value is -1.06. The van der Waals surface area contributed by atoms with Crippen molar-refractivity contribution < 1.29 is 4.74 Å². The lowest BCUT2D eigenvalue weighted by Crippen LogP contribution is -2.44. The molecule has 0 aromatic heterocycles. The monoisotopic (exact) mass is 248 g/mol. The first-order chi connectivity index (χ1) is 8.81. The van der Waals surface area contributed by atoms with Gasteiger partial charge in [-0.1, -0.05) is 19.1 Å². The molecule has 0 amide bonds. The Kier molecular flexibility index (Phi) is 5.02. The average Bonchev–Trinajstić information content (AvgIpc) is 2.46. The third kappa shape index (κ3) is 3.47. The summed E-state index contributed by atoms with van der Waals surface area (Å²) in [5, 5.41) is 3.39. The highest BCUT2D eigenvalue weighted by Gasteiger charge is 2.17. The van der Waals surface area contributed by atoms with Crippen molar-refractivity contribution >= 4 is 0 Å². The van der Waals surface area contributed by atoms with E-state index in [0.717, 1.165) is 45.0 Å². The maximum absolute atomic E-state index is 5.61. The molecule has 1 aromatic carbocycles. The molecule has 1 heterocycles. The fourth-order valence-electron chi connectivity index (χ4n) is 2.34. The largest absolute Gasteiger partial charge is 0.494 e. The van der Waals surface area contributed by atoms with Crippen molar-refractivity contribution in [2.45, 2.75) is 26.3 Å². The SMILES string of the molecule is CCCOc1ccc(C(C)N2CCNCC2)cc1. The molecule has 1 fully saturated rings. The van der Waals surface area contributed by atoms with Crippen molar-refractivity contribution in [3.05, 3.63) is 29.8 Å². The lowest BCUT2D eigenvalue weighted by Gasteiger charge is -2.33. The Morgan fingerprint density at radius 2 is 1.89 bits per heavy atom. The first-order valence-corrected chi connectivity index (χ1v) is 6.99. The molecule has 1 saturated heterocycles. The molecule has 3 heteroatoms. The number of hydrogen-bond acceptors (Lipinski definition) is 3. The highest BCUT2D eigenvalue weighted by Crippen LogP contribution is 2.22. The zero-order valence-electron chi connectivity index (χ0n) is 11.5. The Bertz CT molecular complexity index is 344. The van der Waals surface area contributed by atoms with Crippen LogP contribution in [0.25, 0.3) is 0 Å². The summed E-state index contributed by atoms with van der Waals surface area (Å²) in [6, 6.07) is 9.05. The zero-order valence-corrected chi connectivity index (χ0v) is 11.5. The van der Waals surface area contributed by atoms with E-state index in [1.165, 1.54) is 5.56 Å². The molecular weight excluding hydrogens is 224 g/mol. The number of piperazine rings is 1. The Labute approximate surface area is 110 Å². The normalized spacial score (nSPS) is 18.6. The molecule has 1 aliphatic rings. The van der Waals surface area contributed by atoms with Gasteiger partial charge in [0.15, 0.2) is 0 Å². The standard InChI is InChI=1S/C15H24N2O/c1-3-12-18-15-6-4-14(5-7-15)13(2)17-10-8-16-9-11-17/h4-7,13,16H,3,8-12H2,1-2H3. The van der Waals surface area contributed by atoms with Gasteiger partial charge in [-0.15, -0.1) is 0 Å². The number of ether oxygens (including phenoxy) is 1. The summed E-state index contributed by atoms with van der Waals surface area (Å²) in [5.41, 5.74) is 1.38. The fourth-order valence-corrected chi connectivity index (χ4v) is 2.34. The van der Waals surface area contributed by atoms with E-state index < -0.39 is 0 Å². The lowest BCUT2D eigenvalue weighted by molar-refractivity contribution is 0.185. The number of nitrogens with zero attached hydrogens (tertiary/aromatic N) is 1. The van der Waals surface area contributed by atoms with Crippen molar-refractivity contribution in [1.29, 1.82) is 0 Å². The van der Waals surface area contributed by atoms with Crippen LogP contribution < -0.4 is 10.1 Å². The highest BCUT2D eigenvalue weighted by atomic mass is 16.5. The number of benzene rings is 1. The van der Waals surface area contributed by atoms with Crippen molar-refractivity contribution in [2.24, 2.45) is 0 Å². The van der Waals surface area contributed by atoms with Gasteiger partial charge in [-0.2, -0.15) is 0 Å². The third-order valence-electron chi connectivity index (χ3n) is 3.53. The molecule has 1 unspecified atom stereocenters. The summed E-state index contributed by atoms with van der Waals surface area (Å²) in [6.45, 7) is 9.68. The van der Waals surface area contributed by atoms with Crippen LogP contribution in [-0.4, -0.2) is 37.7 Å². The maximum Gasteiger partial charge on any atom is 0.119 e. The second kappa shape index (κ2) is 6.76. The maximum atomic E-state index is 5.61. The lowest BCUT2D eigenvalue weighted by atomic mass is 10.1. The van der Waals surface area contributed by atoms with Crippen LogP contribution in [0.2, 0.25) is 0 Å². The summed E-state index contributed by atoms with van der Waals surface area (Å²) in [5.74, 6) is 0.980. The molecule has 2 rings (SSSR count). The Balaban J connectivity index is 1.95. The van der Waals surface area contributed by atoms with Gasteiger partial charge in [-0.05, 0) is 31.0 Å². The van der Waals surface area contributed by atoms with Crippen molar-refractivity contribution in [3.63, 3.8) is 0 Å². The van der Waals surface area contributed by atoms with Gasteiger partial charge in [0, 0.05) is 32.2 Å². The van der Waals surface area contributed by atoms with Crippen molar-refractivity contribution in [2.75, 3.05) is 32.8 Å². The van der Waals surface area contributed by atoms with Gasteiger partial charge in [0.1, 0.15) is 5.75 Å². The minimum absolute atomic E-state index is 0.493. The van der Waals surface area contributed by atoms with Crippen molar-refractivity contribution in [1.82, 2.24) is 10.2 Å². The molecule has 1 aromatic rings. The van der Waals surface area contributed by atoms with E-state index in [0.29, 0.717) is 6.04 Å². The van der Waals surface area contributed by atoms with Crippen LogP contribution in [0.4, 0.5) is 0 Å². The molecule has 0 radical (unpaired) electrons. The quantitative estimate of drug-likeness (QED) is 0.866. The summed E-state index contributed by atoms with van der Waals surface area (Å²) in [6.07, 6.45) is 1.05. The van der Waals surface area contributed by atoms with Crippen LogP contribution >= 0.6 is 0 Å². The summed E-state index contributed by atoms with van der Waals surface area (Å²) in [4.78, 5) is 2.53. The average molecular weight is 248 g/mol. The molecule has 100 valence electrons. The van der Waals surface area contributed by atoms with Gasteiger partial charge in [-0.3, -0.25) is 4.90 Å². The fraction of sp³-hybridized carbons (Fsp3) is 0.600. The molecule has 18 heavy (non-hydrogen) atoms. The van der Waals surface area contributed by atoms with E-state index in [9.17, 15) is 0 Å². The summed E-state index contributed by atoms with van der Waals surface area (Å²) < 4.78 is 5.61. The van der Waals surface area contributed by atoms with E-state index in [4.69, 9.17) is 4.74 Å². The van der Waals surface area contributed by atoms with E-state index in [1.807, 2.05) is 0 Å².